The second kappa shape index (κ2) is 5.70. The monoisotopic (exact) mass is 276 g/mol. The highest BCUT2D eigenvalue weighted by atomic mass is 16.5. The first kappa shape index (κ1) is 13.8. The molecule has 3 rings (SSSR count). The third-order valence-electron chi connectivity index (χ3n) is 4.45. The first-order valence-corrected chi connectivity index (χ1v) is 7.55. The molecule has 0 N–H and O–H groups in total. The summed E-state index contributed by atoms with van der Waals surface area (Å²) in [6.07, 6.45) is 5.41. The molecule has 2 fully saturated rings. The van der Waals surface area contributed by atoms with E-state index in [1.54, 1.807) is 13.3 Å². The van der Waals surface area contributed by atoms with Crippen LogP contribution in [0.2, 0.25) is 0 Å². The molecular weight excluding hydrogens is 252 g/mol. The van der Waals surface area contributed by atoms with E-state index in [1.165, 1.54) is 19.3 Å². The van der Waals surface area contributed by atoms with Gasteiger partial charge in [-0.05, 0) is 37.8 Å². The highest BCUT2D eigenvalue weighted by Crippen LogP contribution is 2.37. The summed E-state index contributed by atoms with van der Waals surface area (Å²) in [5, 5.41) is 0. The minimum atomic E-state index is 0.104. The zero-order chi connectivity index (χ0) is 14.0. The van der Waals surface area contributed by atoms with Crippen molar-refractivity contribution in [3.63, 3.8) is 0 Å². The van der Waals surface area contributed by atoms with E-state index in [4.69, 9.17) is 9.47 Å². The number of likely N-dealkylation sites (tertiary alicyclic amines) is 1. The third kappa shape index (κ3) is 2.81. The summed E-state index contributed by atoms with van der Waals surface area (Å²) in [4.78, 5) is 6.77. The molecule has 4 nitrogen and oxygen atoms in total. The van der Waals surface area contributed by atoms with Crippen LogP contribution in [0.3, 0.4) is 0 Å². The average molecular weight is 276 g/mol. The van der Waals surface area contributed by atoms with E-state index in [0.717, 1.165) is 37.7 Å². The second-order valence-corrected chi connectivity index (χ2v) is 6.29. The zero-order valence-corrected chi connectivity index (χ0v) is 12.5. The Labute approximate surface area is 121 Å². The van der Waals surface area contributed by atoms with Crippen molar-refractivity contribution >= 4 is 0 Å². The lowest BCUT2D eigenvalue weighted by molar-refractivity contribution is -0.0536. The molecule has 0 amide bonds. The smallest absolute Gasteiger partial charge is 0.217 e. The largest absolute Gasteiger partial charge is 0.481 e. The molecule has 0 bridgehead atoms. The van der Waals surface area contributed by atoms with Crippen LogP contribution in [-0.2, 0) is 11.3 Å². The Balaban J connectivity index is 1.68. The van der Waals surface area contributed by atoms with Gasteiger partial charge in [-0.15, -0.1) is 0 Å². The molecule has 0 saturated carbocycles. The summed E-state index contributed by atoms with van der Waals surface area (Å²) < 4.78 is 11.5. The Hall–Kier alpha value is -1.13. The summed E-state index contributed by atoms with van der Waals surface area (Å²) in [6.45, 7) is 6.28. The molecule has 2 aliphatic heterocycles. The van der Waals surface area contributed by atoms with Gasteiger partial charge in [0.25, 0.3) is 0 Å². The Morgan fingerprint density at radius 3 is 3.20 bits per heavy atom. The highest BCUT2D eigenvalue weighted by molar-refractivity contribution is 5.25. The predicted molar refractivity (Wildman–Crippen MR) is 77.8 cm³/mol. The summed E-state index contributed by atoms with van der Waals surface area (Å²) in [5.41, 5.74) is 1.27. The quantitative estimate of drug-likeness (QED) is 0.849. The van der Waals surface area contributed by atoms with Crippen LogP contribution in [0.5, 0.6) is 5.88 Å². The molecule has 0 aliphatic carbocycles. The minimum Gasteiger partial charge on any atom is -0.481 e. The van der Waals surface area contributed by atoms with Crippen LogP contribution in [0.1, 0.15) is 31.7 Å². The van der Waals surface area contributed by atoms with Gasteiger partial charge in [-0.2, -0.15) is 0 Å². The van der Waals surface area contributed by atoms with E-state index in [2.05, 4.69) is 22.9 Å². The van der Waals surface area contributed by atoms with Gasteiger partial charge in [0.15, 0.2) is 0 Å². The van der Waals surface area contributed by atoms with Gasteiger partial charge in [-0.25, -0.2) is 4.98 Å². The van der Waals surface area contributed by atoms with Crippen molar-refractivity contribution in [2.45, 2.75) is 38.3 Å². The number of hydrogen-bond acceptors (Lipinski definition) is 4. The van der Waals surface area contributed by atoms with Gasteiger partial charge in [-0.1, -0.05) is 13.0 Å². The van der Waals surface area contributed by atoms with Crippen molar-refractivity contribution in [2.24, 2.45) is 5.92 Å². The lowest BCUT2D eigenvalue weighted by atomic mass is 9.87. The van der Waals surface area contributed by atoms with Gasteiger partial charge >= 0.3 is 0 Å². The molecule has 4 heteroatoms. The van der Waals surface area contributed by atoms with Crippen LogP contribution in [0, 0.1) is 5.92 Å². The van der Waals surface area contributed by atoms with Gasteiger partial charge in [0.05, 0.1) is 19.3 Å². The maximum atomic E-state index is 6.13. The maximum Gasteiger partial charge on any atom is 0.217 e. The number of rotatable bonds is 3. The van der Waals surface area contributed by atoms with E-state index in [0.29, 0.717) is 5.92 Å². The van der Waals surface area contributed by atoms with E-state index >= 15 is 0 Å². The standard InChI is InChI=1S/C16H24N2O2/c1-13-9-16(20-11-13)6-4-8-18(12-16)10-14-5-3-7-17-15(14)19-2/h3,5,7,13H,4,6,8-12H2,1-2H3/t13-,16+/m1/s1. The fraction of sp³-hybridized carbons (Fsp3) is 0.688. The number of aromatic nitrogens is 1. The van der Waals surface area contributed by atoms with Crippen molar-refractivity contribution in [3.8, 4) is 5.88 Å². The number of methoxy groups -OCH3 is 1. The van der Waals surface area contributed by atoms with E-state index in [-0.39, 0.29) is 5.60 Å². The first-order valence-electron chi connectivity index (χ1n) is 7.55. The Kier molecular flexibility index (Phi) is 3.94. The molecule has 2 saturated heterocycles. The Bertz CT molecular complexity index is 462. The van der Waals surface area contributed by atoms with Crippen LogP contribution in [-0.4, -0.2) is 42.3 Å². The van der Waals surface area contributed by atoms with Crippen molar-refractivity contribution in [2.75, 3.05) is 26.8 Å². The molecule has 2 atom stereocenters. The summed E-state index contributed by atoms with van der Waals surface area (Å²) in [6, 6.07) is 4.08. The molecule has 110 valence electrons. The van der Waals surface area contributed by atoms with Gasteiger partial charge in [0, 0.05) is 24.8 Å². The third-order valence-corrected chi connectivity index (χ3v) is 4.45. The lowest BCUT2D eigenvalue weighted by Gasteiger charge is -2.39. The van der Waals surface area contributed by atoms with Crippen molar-refractivity contribution in [3.05, 3.63) is 23.9 Å². The molecule has 0 unspecified atom stereocenters. The van der Waals surface area contributed by atoms with Gasteiger partial charge in [0.1, 0.15) is 0 Å². The molecule has 1 aromatic rings. The van der Waals surface area contributed by atoms with E-state index < -0.39 is 0 Å². The second-order valence-electron chi connectivity index (χ2n) is 6.29. The molecule has 2 aliphatic rings. The number of pyridine rings is 1. The fourth-order valence-electron chi connectivity index (χ4n) is 3.65. The molecule has 20 heavy (non-hydrogen) atoms. The molecular formula is C16H24N2O2. The van der Waals surface area contributed by atoms with E-state index in [9.17, 15) is 0 Å². The van der Waals surface area contributed by atoms with Gasteiger partial charge in [0.2, 0.25) is 5.88 Å². The minimum absolute atomic E-state index is 0.104. The van der Waals surface area contributed by atoms with Crippen molar-refractivity contribution < 1.29 is 9.47 Å². The fourth-order valence-corrected chi connectivity index (χ4v) is 3.65. The molecule has 1 aromatic heterocycles. The molecule has 0 aromatic carbocycles. The van der Waals surface area contributed by atoms with Crippen LogP contribution in [0.4, 0.5) is 0 Å². The predicted octanol–water partition coefficient (Wildman–Crippen LogP) is 2.48. The Morgan fingerprint density at radius 1 is 1.55 bits per heavy atom. The topological polar surface area (TPSA) is 34.6 Å². The van der Waals surface area contributed by atoms with Gasteiger partial charge in [-0.3, -0.25) is 4.90 Å². The number of hydrogen-bond donors (Lipinski definition) is 0. The van der Waals surface area contributed by atoms with Crippen LogP contribution in [0.25, 0.3) is 0 Å². The molecule has 1 spiro atoms. The van der Waals surface area contributed by atoms with E-state index in [1.807, 2.05) is 6.07 Å². The SMILES string of the molecule is COc1ncccc1CN1CCC[C@]2(C[C@@H](C)CO2)C1. The zero-order valence-electron chi connectivity index (χ0n) is 12.5. The number of nitrogens with zero attached hydrogens (tertiary/aromatic N) is 2. The average Bonchev–Trinajstić information content (AvgIpc) is 2.80. The lowest BCUT2D eigenvalue weighted by Crippen LogP contribution is -2.47. The molecule has 3 heterocycles. The first-order chi connectivity index (χ1) is 9.71. The van der Waals surface area contributed by atoms with Crippen molar-refractivity contribution in [1.29, 1.82) is 0 Å². The Morgan fingerprint density at radius 2 is 2.45 bits per heavy atom. The normalized spacial score (nSPS) is 30.8. The number of ether oxygens (including phenoxy) is 2. The summed E-state index contributed by atoms with van der Waals surface area (Å²) in [7, 11) is 1.69. The van der Waals surface area contributed by atoms with Crippen LogP contribution in [0.15, 0.2) is 18.3 Å². The van der Waals surface area contributed by atoms with Gasteiger partial charge < -0.3 is 9.47 Å². The summed E-state index contributed by atoms with van der Waals surface area (Å²) in [5.74, 6) is 1.44. The number of piperidine rings is 1. The highest BCUT2D eigenvalue weighted by Gasteiger charge is 2.41. The van der Waals surface area contributed by atoms with Crippen molar-refractivity contribution in [1.82, 2.24) is 9.88 Å². The molecule has 0 radical (unpaired) electrons. The summed E-state index contributed by atoms with van der Waals surface area (Å²) >= 11 is 0. The van der Waals surface area contributed by atoms with Crippen LogP contribution >= 0.6 is 0 Å². The van der Waals surface area contributed by atoms with Crippen LogP contribution < -0.4 is 4.74 Å². The maximum absolute atomic E-state index is 6.13.